The van der Waals surface area contributed by atoms with Crippen molar-refractivity contribution in [2.45, 2.75) is 58.7 Å². The van der Waals surface area contributed by atoms with Gasteiger partial charge in [0, 0.05) is 30.4 Å². The quantitative estimate of drug-likeness (QED) is 0.667. The minimum atomic E-state index is -0.217. The SMILES string of the molecule is CC(=O)N(Cc1cccc(-c2ccc3ncnc(NC4CC4)c3c2)c1)C(C)(C)C. The van der Waals surface area contributed by atoms with Crippen molar-refractivity contribution >= 4 is 22.6 Å². The summed E-state index contributed by atoms with van der Waals surface area (Å²) in [6.07, 6.45) is 4.03. The van der Waals surface area contributed by atoms with E-state index < -0.39 is 0 Å². The van der Waals surface area contributed by atoms with Gasteiger partial charge in [0.15, 0.2) is 0 Å². The Morgan fingerprint density at radius 1 is 1.10 bits per heavy atom. The molecule has 5 heteroatoms. The highest BCUT2D eigenvalue weighted by Gasteiger charge is 2.24. The lowest BCUT2D eigenvalue weighted by Gasteiger charge is -2.35. The molecule has 1 N–H and O–H groups in total. The number of fused-ring (bicyclic) bond motifs is 1. The number of amides is 1. The van der Waals surface area contributed by atoms with Crippen LogP contribution in [0.3, 0.4) is 0 Å². The minimum Gasteiger partial charge on any atom is -0.367 e. The average Bonchev–Trinajstić information content (AvgIpc) is 3.49. The van der Waals surface area contributed by atoms with E-state index in [9.17, 15) is 4.79 Å². The fourth-order valence-corrected chi connectivity index (χ4v) is 3.62. The fourth-order valence-electron chi connectivity index (χ4n) is 3.62. The smallest absolute Gasteiger partial charge is 0.220 e. The van der Waals surface area contributed by atoms with Gasteiger partial charge in [0.2, 0.25) is 5.91 Å². The molecule has 1 aliphatic rings. The summed E-state index contributed by atoms with van der Waals surface area (Å²) in [6.45, 7) is 8.42. The molecule has 0 saturated heterocycles. The first-order valence-corrected chi connectivity index (χ1v) is 10.2. The van der Waals surface area contributed by atoms with Crippen LogP contribution in [0, 0.1) is 0 Å². The summed E-state index contributed by atoms with van der Waals surface area (Å²) >= 11 is 0. The third-order valence-corrected chi connectivity index (χ3v) is 5.34. The molecule has 0 radical (unpaired) electrons. The van der Waals surface area contributed by atoms with E-state index in [1.807, 2.05) is 11.0 Å². The van der Waals surface area contributed by atoms with Gasteiger partial charge in [-0.15, -0.1) is 0 Å². The van der Waals surface area contributed by atoms with Crippen molar-refractivity contribution in [1.82, 2.24) is 14.9 Å². The Balaban J connectivity index is 1.67. The molecule has 0 bridgehead atoms. The molecule has 2 aromatic carbocycles. The van der Waals surface area contributed by atoms with Gasteiger partial charge < -0.3 is 10.2 Å². The summed E-state index contributed by atoms with van der Waals surface area (Å²) in [4.78, 5) is 22.9. The number of anilines is 1. The molecule has 1 saturated carbocycles. The van der Waals surface area contributed by atoms with Crippen molar-refractivity contribution in [3.05, 3.63) is 54.4 Å². The molecule has 0 unspecified atom stereocenters. The maximum Gasteiger partial charge on any atom is 0.220 e. The van der Waals surface area contributed by atoms with Crippen LogP contribution in [0.5, 0.6) is 0 Å². The third-order valence-electron chi connectivity index (χ3n) is 5.34. The van der Waals surface area contributed by atoms with Crippen LogP contribution in [0.4, 0.5) is 5.82 Å². The van der Waals surface area contributed by atoms with E-state index in [0.717, 1.165) is 33.4 Å². The van der Waals surface area contributed by atoms with Gasteiger partial charge in [0.1, 0.15) is 12.1 Å². The average molecular weight is 389 g/mol. The first-order chi connectivity index (χ1) is 13.8. The fraction of sp³-hybridized carbons (Fsp3) is 0.375. The van der Waals surface area contributed by atoms with Crippen LogP contribution in [-0.4, -0.2) is 32.4 Å². The predicted molar refractivity (Wildman–Crippen MR) is 118 cm³/mol. The van der Waals surface area contributed by atoms with Gasteiger partial charge in [-0.2, -0.15) is 0 Å². The van der Waals surface area contributed by atoms with Crippen LogP contribution >= 0.6 is 0 Å². The molecule has 4 rings (SSSR count). The molecule has 5 nitrogen and oxygen atoms in total. The zero-order valence-electron chi connectivity index (χ0n) is 17.6. The van der Waals surface area contributed by atoms with Crippen LogP contribution < -0.4 is 5.32 Å². The number of hydrogen-bond acceptors (Lipinski definition) is 4. The van der Waals surface area contributed by atoms with Gasteiger partial charge in [-0.1, -0.05) is 24.3 Å². The molecule has 0 spiro atoms. The molecule has 1 aliphatic carbocycles. The van der Waals surface area contributed by atoms with Crippen molar-refractivity contribution in [3.63, 3.8) is 0 Å². The molecule has 0 aliphatic heterocycles. The summed E-state index contributed by atoms with van der Waals surface area (Å²) in [5, 5.41) is 4.55. The van der Waals surface area contributed by atoms with Crippen LogP contribution in [0.2, 0.25) is 0 Å². The number of nitrogens with zero attached hydrogens (tertiary/aromatic N) is 3. The highest BCUT2D eigenvalue weighted by atomic mass is 16.2. The van der Waals surface area contributed by atoms with Gasteiger partial charge >= 0.3 is 0 Å². The van der Waals surface area contributed by atoms with E-state index in [1.165, 1.54) is 12.8 Å². The Kier molecular flexibility index (Phi) is 4.99. The number of benzene rings is 2. The Morgan fingerprint density at radius 2 is 1.86 bits per heavy atom. The summed E-state index contributed by atoms with van der Waals surface area (Å²) in [5.74, 6) is 0.993. The van der Waals surface area contributed by atoms with E-state index in [4.69, 9.17) is 0 Å². The standard InChI is InChI=1S/C24H28N4O/c1-16(29)28(24(2,3)4)14-17-6-5-7-18(12-17)19-8-11-22-21(13-19)23(26-15-25-22)27-20-9-10-20/h5-8,11-13,15,20H,9-10,14H2,1-4H3,(H,25,26,27). The van der Waals surface area contributed by atoms with Crippen molar-refractivity contribution in [3.8, 4) is 11.1 Å². The molecule has 150 valence electrons. The maximum absolute atomic E-state index is 12.1. The number of nitrogens with one attached hydrogen (secondary N) is 1. The lowest BCUT2D eigenvalue weighted by Crippen LogP contribution is -2.43. The molecular formula is C24H28N4O. The highest BCUT2D eigenvalue weighted by molar-refractivity contribution is 5.92. The molecule has 3 aromatic rings. The summed E-state index contributed by atoms with van der Waals surface area (Å²) < 4.78 is 0. The second kappa shape index (κ2) is 7.47. The molecule has 0 atom stereocenters. The van der Waals surface area contributed by atoms with Crippen LogP contribution in [0.15, 0.2) is 48.8 Å². The molecule has 1 fully saturated rings. The number of hydrogen-bond donors (Lipinski definition) is 1. The van der Waals surface area contributed by atoms with E-state index in [2.05, 4.69) is 72.5 Å². The second-order valence-electron chi connectivity index (χ2n) is 8.85. The zero-order chi connectivity index (χ0) is 20.6. The lowest BCUT2D eigenvalue weighted by atomic mass is 9.99. The number of carbonyl (C=O) groups excluding carboxylic acids is 1. The van der Waals surface area contributed by atoms with Crippen molar-refractivity contribution in [2.24, 2.45) is 0 Å². The maximum atomic E-state index is 12.1. The van der Waals surface area contributed by atoms with Crippen molar-refractivity contribution < 1.29 is 4.79 Å². The molecule has 29 heavy (non-hydrogen) atoms. The molecule has 1 aromatic heterocycles. The molecule has 1 heterocycles. The largest absolute Gasteiger partial charge is 0.367 e. The Hall–Kier alpha value is -2.95. The second-order valence-corrected chi connectivity index (χ2v) is 8.85. The van der Waals surface area contributed by atoms with Crippen molar-refractivity contribution in [2.75, 3.05) is 5.32 Å². The Morgan fingerprint density at radius 3 is 2.55 bits per heavy atom. The van der Waals surface area contributed by atoms with Crippen LogP contribution in [-0.2, 0) is 11.3 Å². The molecule has 1 amide bonds. The summed E-state index contributed by atoms with van der Waals surface area (Å²) in [6, 6.07) is 15.3. The van der Waals surface area contributed by atoms with Gasteiger partial charge in [-0.25, -0.2) is 9.97 Å². The van der Waals surface area contributed by atoms with Gasteiger partial charge in [0.25, 0.3) is 0 Å². The van der Waals surface area contributed by atoms with Gasteiger partial charge in [-0.3, -0.25) is 4.79 Å². The van der Waals surface area contributed by atoms with Crippen molar-refractivity contribution in [1.29, 1.82) is 0 Å². The summed E-state index contributed by atoms with van der Waals surface area (Å²) in [7, 11) is 0. The lowest BCUT2D eigenvalue weighted by molar-refractivity contribution is -0.134. The van der Waals surface area contributed by atoms with Gasteiger partial charge in [0.05, 0.1) is 5.52 Å². The van der Waals surface area contributed by atoms with E-state index >= 15 is 0 Å². The van der Waals surface area contributed by atoms with E-state index in [0.29, 0.717) is 12.6 Å². The Bertz CT molecular complexity index is 1050. The van der Waals surface area contributed by atoms with Gasteiger partial charge in [-0.05, 0) is 68.5 Å². The van der Waals surface area contributed by atoms with Crippen LogP contribution in [0.25, 0.3) is 22.0 Å². The van der Waals surface area contributed by atoms with Crippen LogP contribution in [0.1, 0.15) is 46.1 Å². The third kappa shape index (κ3) is 4.39. The molecular weight excluding hydrogens is 360 g/mol. The normalized spacial score (nSPS) is 14.1. The first kappa shape index (κ1) is 19.4. The highest BCUT2D eigenvalue weighted by Crippen LogP contribution is 2.31. The van der Waals surface area contributed by atoms with E-state index in [1.54, 1.807) is 13.3 Å². The summed E-state index contributed by atoms with van der Waals surface area (Å²) in [5.41, 5.74) is 4.10. The number of aromatic nitrogens is 2. The van der Waals surface area contributed by atoms with E-state index in [-0.39, 0.29) is 11.4 Å². The number of carbonyl (C=O) groups is 1. The zero-order valence-corrected chi connectivity index (χ0v) is 17.6. The predicted octanol–water partition coefficient (Wildman–Crippen LogP) is 5.02. The minimum absolute atomic E-state index is 0.0848. The Labute approximate surface area is 172 Å². The monoisotopic (exact) mass is 388 g/mol. The number of rotatable bonds is 5. The topological polar surface area (TPSA) is 58.1 Å². The first-order valence-electron chi connectivity index (χ1n) is 10.2.